The second kappa shape index (κ2) is 5.60. The van der Waals surface area contributed by atoms with Gasteiger partial charge < -0.3 is 10.6 Å². The molecule has 1 aliphatic carbocycles. The average molecular weight is 252 g/mol. The van der Waals surface area contributed by atoms with Gasteiger partial charge in [-0.1, -0.05) is 39.5 Å². The lowest BCUT2D eigenvalue weighted by Gasteiger charge is -2.25. The molecule has 1 saturated heterocycles. The molecular weight excluding hydrogens is 224 g/mol. The van der Waals surface area contributed by atoms with Gasteiger partial charge in [-0.2, -0.15) is 0 Å². The fraction of sp³-hybridized carbons (Fsp3) is 0.933. The molecule has 2 aliphatic rings. The molecule has 18 heavy (non-hydrogen) atoms. The number of carbonyl (C=O) groups is 1. The summed E-state index contributed by atoms with van der Waals surface area (Å²) >= 11 is 0. The highest BCUT2D eigenvalue weighted by Crippen LogP contribution is 2.33. The minimum absolute atomic E-state index is 0.155. The molecular formula is C15H28N2O. The third-order valence-electron chi connectivity index (χ3n) is 4.95. The van der Waals surface area contributed by atoms with Gasteiger partial charge in [0, 0.05) is 19.0 Å². The predicted molar refractivity (Wildman–Crippen MR) is 74.1 cm³/mol. The van der Waals surface area contributed by atoms with E-state index in [2.05, 4.69) is 13.8 Å². The molecule has 104 valence electrons. The fourth-order valence-electron chi connectivity index (χ4n) is 3.54. The van der Waals surface area contributed by atoms with E-state index in [1.165, 1.54) is 25.7 Å². The van der Waals surface area contributed by atoms with Crippen LogP contribution in [0, 0.1) is 17.3 Å². The van der Waals surface area contributed by atoms with Crippen LogP contribution in [0.1, 0.15) is 52.4 Å². The van der Waals surface area contributed by atoms with Crippen molar-refractivity contribution in [3.63, 3.8) is 0 Å². The van der Waals surface area contributed by atoms with Crippen molar-refractivity contribution in [2.45, 2.75) is 52.4 Å². The lowest BCUT2D eigenvalue weighted by molar-refractivity contribution is -0.134. The molecule has 1 heterocycles. The number of amides is 1. The van der Waals surface area contributed by atoms with Crippen molar-refractivity contribution in [1.82, 2.24) is 4.90 Å². The maximum absolute atomic E-state index is 12.4. The summed E-state index contributed by atoms with van der Waals surface area (Å²) in [5, 5.41) is 0. The van der Waals surface area contributed by atoms with Crippen LogP contribution in [0.15, 0.2) is 0 Å². The van der Waals surface area contributed by atoms with Gasteiger partial charge in [-0.25, -0.2) is 0 Å². The standard InChI is InChI=1S/C15H28N2O/c1-12(9-13-5-3-4-6-13)14(18)17-8-7-15(2,10-16)11-17/h12-13H,3-11,16H2,1-2H3. The van der Waals surface area contributed by atoms with Crippen LogP contribution in [0.25, 0.3) is 0 Å². The monoisotopic (exact) mass is 252 g/mol. The Morgan fingerprint density at radius 1 is 1.44 bits per heavy atom. The smallest absolute Gasteiger partial charge is 0.225 e. The van der Waals surface area contributed by atoms with Gasteiger partial charge in [0.05, 0.1) is 0 Å². The Bertz CT molecular complexity index is 299. The number of nitrogens with zero attached hydrogens (tertiary/aromatic N) is 1. The molecule has 1 aliphatic heterocycles. The van der Waals surface area contributed by atoms with Gasteiger partial charge in [-0.3, -0.25) is 4.79 Å². The van der Waals surface area contributed by atoms with Crippen LogP contribution in [0.5, 0.6) is 0 Å². The predicted octanol–water partition coefficient (Wildman–Crippen LogP) is 2.40. The molecule has 2 rings (SSSR count). The molecule has 1 amide bonds. The van der Waals surface area contributed by atoms with E-state index in [1.807, 2.05) is 4.90 Å². The normalized spacial score (nSPS) is 30.9. The highest BCUT2D eigenvalue weighted by Gasteiger charge is 2.36. The summed E-state index contributed by atoms with van der Waals surface area (Å²) in [5.41, 5.74) is 5.96. The molecule has 0 aromatic rings. The third kappa shape index (κ3) is 3.05. The lowest BCUT2D eigenvalue weighted by Crippen LogP contribution is -2.37. The van der Waals surface area contributed by atoms with E-state index in [9.17, 15) is 4.79 Å². The highest BCUT2D eigenvalue weighted by molar-refractivity contribution is 5.78. The zero-order valence-corrected chi connectivity index (χ0v) is 12.0. The quantitative estimate of drug-likeness (QED) is 0.835. The van der Waals surface area contributed by atoms with E-state index < -0.39 is 0 Å². The zero-order valence-electron chi connectivity index (χ0n) is 12.0. The Hall–Kier alpha value is -0.570. The Balaban J connectivity index is 1.83. The van der Waals surface area contributed by atoms with Crippen LogP contribution < -0.4 is 5.73 Å². The highest BCUT2D eigenvalue weighted by atomic mass is 16.2. The van der Waals surface area contributed by atoms with Crippen molar-refractivity contribution < 1.29 is 4.79 Å². The van der Waals surface area contributed by atoms with Gasteiger partial charge in [0.1, 0.15) is 0 Å². The minimum atomic E-state index is 0.155. The van der Waals surface area contributed by atoms with Crippen LogP contribution in [-0.4, -0.2) is 30.4 Å². The molecule has 0 aromatic carbocycles. The summed E-state index contributed by atoms with van der Waals surface area (Å²) in [7, 11) is 0. The molecule has 2 atom stereocenters. The Kier molecular flexibility index (Phi) is 4.31. The number of nitrogens with two attached hydrogens (primary N) is 1. The fourth-order valence-corrected chi connectivity index (χ4v) is 3.54. The molecule has 0 radical (unpaired) electrons. The van der Waals surface area contributed by atoms with E-state index in [0.29, 0.717) is 12.5 Å². The van der Waals surface area contributed by atoms with E-state index >= 15 is 0 Å². The van der Waals surface area contributed by atoms with Gasteiger partial charge in [-0.15, -0.1) is 0 Å². The van der Waals surface area contributed by atoms with E-state index in [4.69, 9.17) is 5.73 Å². The molecule has 0 bridgehead atoms. The zero-order chi connectivity index (χ0) is 13.2. The molecule has 1 saturated carbocycles. The average Bonchev–Trinajstić information content (AvgIpc) is 2.98. The van der Waals surface area contributed by atoms with E-state index in [-0.39, 0.29) is 11.3 Å². The SMILES string of the molecule is CC(CC1CCCC1)C(=O)N1CCC(C)(CN)C1. The summed E-state index contributed by atoms with van der Waals surface area (Å²) < 4.78 is 0. The van der Waals surface area contributed by atoms with Crippen molar-refractivity contribution >= 4 is 5.91 Å². The Morgan fingerprint density at radius 3 is 2.67 bits per heavy atom. The number of rotatable bonds is 4. The lowest BCUT2D eigenvalue weighted by atomic mass is 9.90. The topological polar surface area (TPSA) is 46.3 Å². The molecule has 2 unspecified atom stereocenters. The largest absolute Gasteiger partial charge is 0.342 e. The molecule has 2 N–H and O–H groups in total. The minimum Gasteiger partial charge on any atom is -0.342 e. The maximum Gasteiger partial charge on any atom is 0.225 e. The van der Waals surface area contributed by atoms with Crippen molar-refractivity contribution in [1.29, 1.82) is 0 Å². The van der Waals surface area contributed by atoms with Gasteiger partial charge in [0.15, 0.2) is 0 Å². The molecule has 0 aromatic heterocycles. The molecule has 3 nitrogen and oxygen atoms in total. The van der Waals surface area contributed by atoms with E-state index in [0.717, 1.165) is 31.8 Å². The van der Waals surface area contributed by atoms with Crippen LogP contribution >= 0.6 is 0 Å². The summed E-state index contributed by atoms with van der Waals surface area (Å²) in [5.74, 6) is 1.36. The summed E-state index contributed by atoms with van der Waals surface area (Å²) in [6.45, 7) is 6.76. The first-order chi connectivity index (χ1) is 8.54. The summed E-state index contributed by atoms with van der Waals surface area (Å²) in [4.78, 5) is 14.5. The molecule has 3 heteroatoms. The van der Waals surface area contributed by atoms with Crippen molar-refractivity contribution in [3.05, 3.63) is 0 Å². The number of hydrogen-bond acceptors (Lipinski definition) is 2. The number of hydrogen-bond donors (Lipinski definition) is 1. The second-order valence-corrected chi connectivity index (χ2v) is 6.81. The number of likely N-dealkylation sites (tertiary alicyclic amines) is 1. The van der Waals surface area contributed by atoms with Gasteiger partial charge in [0.25, 0.3) is 0 Å². The number of carbonyl (C=O) groups excluding carboxylic acids is 1. The Morgan fingerprint density at radius 2 is 2.11 bits per heavy atom. The van der Waals surface area contributed by atoms with Crippen LogP contribution in [0.2, 0.25) is 0 Å². The summed E-state index contributed by atoms with van der Waals surface area (Å²) in [6.07, 6.45) is 7.54. The van der Waals surface area contributed by atoms with Crippen LogP contribution in [-0.2, 0) is 4.79 Å². The van der Waals surface area contributed by atoms with Gasteiger partial charge in [0.2, 0.25) is 5.91 Å². The van der Waals surface area contributed by atoms with Crippen molar-refractivity contribution in [3.8, 4) is 0 Å². The maximum atomic E-state index is 12.4. The van der Waals surface area contributed by atoms with Crippen LogP contribution in [0.4, 0.5) is 0 Å². The van der Waals surface area contributed by atoms with Crippen molar-refractivity contribution in [2.24, 2.45) is 23.0 Å². The summed E-state index contributed by atoms with van der Waals surface area (Å²) in [6, 6.07) is 0. The second-order valence-electron chi connectivity index (χ2n) is 6.81. The molecule has 0 spiro atoms. The third-order valence-corrected chi connectivity index (χ3v) is 4.95. The van der Waals surface area contributed by atoms with Gasteiger partial charge in [-0.05, 0) is 30.7 Å². The van der Waals surface area contributed by atoms with E-state index in [1.54, 1.807) is 0 Å². The first kappa shape index (κ1) is 13.9. The van der Waals surface area contributed by atoms with Gasteiger partial charge >= 0.3 is 0 Å². The van der Waals surface area contributed by atoms with Crippen LogP contribution in [0.3, 0.4) is 0 Å². The molecule has 2 fully saturated rings. The Labute approximate surface area is 111 Å². The first-order valence-electron chi connectivity index (χ1n) is 7.53. The van der Waals surface area contributed by atoms with Crippen molar-refractivity contribution in [2.75, 3.05) is 19.6 Å². The first-order valence-corrected chi connectivity index (χ1v) is 7.53.